The summed E-state index contributed by atoms with van der Waals surface area (Å²) in [6, 6.07) is 16.8. The van der Waals surface area contributed by atoms with Crippen molar-refractivity contribution in [2.24, 2.45) is 0 Å². The molecule has 4 nitrogen and oxygen atoms in total. The number of phenols is 1. The van der Waals surface area contributed by atoms with Gasteiger partial charge >= 0.3 is 0 Å². The van der Waals surface area contributed by atoms with Gasteiger partial charge in [-0.3, -0.25) is 4.98 Å². The quantitative estimate of drug-likeness (QED) is 0.138. The van der Waals surface area contributed by atoms with E-state index in [1.54, 1.807) is 0 Å². The van der Waals surface area contributed by atoms with Gasteiger partial charge in [-0.1, -0.05) is 77.4 Å². The first-order chi connectivity index (χ1) is 16.0. The van der Waals surface area contributed by atoms with Crippen molar-refractivity contribution in [3.63, 3.8) is 0 Å². The van der Waals surface area contributed by atoms with Crippen LogP contribution in [0.5, 0.6) is 5.75 Å². The number of nitrogens with zero attached hydrogens (tertiary/aromatic N) is 3. The van der Waals surface area contributed by atoms with E-state index in [0.29, 0.717) is 5.52 Å². The minimum atomic E-state index is -0.0724. The van der Waals surface area contributed by atoms with Gasteiger partial charge in [0.2, 0.25) is 0 Å². The Balaban J connectivity index is 0.00000253. The average Bonchev–Trinajstić information content (AvgIpc) is 3.16. The van der Waals surface area contributed by atoms with E-state index in [1.807, 2.05) is 12.3 Å². The molecule has 0 saturated carbocycles. The molecular formula is C30H28N3OPt-. The summed E-state index contributed by atoms with van der Waals surface area (Å²) in [4.78, 5) is 14.8. The standard InChI is InChI=1S/C30H28N3O.Pt/c1-29(2,3)19-13-22-21-10-9-17-11-16-7-8-18-12-20(30(4,5)6)15-31-24(18)25(16)32-26(17)28(21)33-27(22)23(34)14-19;/h7-15H,1-6H3,(H-,31,32,33,34);/q-1;. The summed E-state index contributed by atoms with van der Waals surface area (Å²) < 4.78 is 0. The van der Waals surface area contributed by atoms with Crippen LogP contribution in [-0.2, 0) is 31.9 Å². The fourth-order valence-corrected chi connectivity index (χ4v) is 4.77. The van der Waals surface area contributed by atoms with Crippen LogP contribution in [0.1, 0.15) is 52.7 Å². The number of aromatic hydroxyl groups is 1. The Morgan fingerprint density at radius 3 is 1.97 bits per heavy atom. The summed E-state index contributed by atoms with van der Waals surface area (Å²) in [5.41, 5.74) is 6.32. The van der Waals surface area contributed by atoms with Crippen LogP contribution in [0.4, 0.5) is 0 Å². The van der Waals surface area contributed by atoms with Crippen molar-refractivity contribution >= 4 is 54.5 Å². The van der Waals surface area contributed by atoms with Gasteiger partial charge < -0.3 is 10.1 Å². The number of hydrogen-bond acceptors (Lipinski definition) is 3. The maximum Gasteiger partial charge on any atom is 0.101 e. The first-order valence-electron chi connectivity index (χ1n) is 11.8. The fourth-order valence-electron chi connectivity index (χ4n) is 4.77. The van der Waals surface area contributed by atoms with Crippen LogP contribution < -0.4 is 4.98 Å². The van der Waals surface area contributed by atoms with Crippen molar-refractivity contribution in [1.82, 2.24) is 15.0 Å². The number of rotatable bonds is 0. The normalized spacial score (nSPS) is 12.7. The van der Waals surface area contributed by atoms with Crippen molar-refractivity contribution in [1.29, 1.82) is 0 Å². The monoisotopic (exact) mass is 641 g/mol. The van der Waals surface area contributed by atoms with E-state index in [9.17, 15) is 5.11 Å². The maximum atomic E-state index is 10.8. The molecule has 0 amide bonds. The first-order valence-corrected chi connectivity index (χ1v) is 11.8. The molecule has 3 heterocycles. The number of fused-ring (bicyclic) bond motifs is 8. The van der Waals surface area contributed by atoms with Crippen molar-refractivity contribution in [2.45, 2.75) is 52.4 Å². The van der Waals surface area contributed by atoms with Gasteiger partial charge in [0.05, 0.1) is 16.6 Å². The van der Waals surface area contributed by atoms with Gasteiger partial charge in [-0.05, 0) is 56.3 Å². The number of benzene rings is 3. The third kappa shape index (κ3) is 3.70. The van der Waals surface area contributed by atoms with Gasteiger partial charge in [0.15, 0.2) is 0 Å². The summed E-state index contributed by atoms with van der Waals surface area (Å²) in [6.45, 7) is 13.1. The van der Waals surface area contributed by atoms with Crippen LogP contribution in [0, 0.1) is 0 Å². The molecular weight excluding hydrogens is 613 g/mol. The molecule has 3 aromatic carbocycles. The predicted molar refractivity (Wildman–Crippen MR) is 142 cm³/mol. The van der Waals surface area contributed by atoms with E-state index in [1.165, 1.54) is 5.56 Å². The molecule has 0 atom stereocenters. The molecule has 5 heteroatoms. The van der Waals surface area contributed by atoms with Crippen LogP contribution in [0.3, 0.4) is 0 Å². The summed E-state index contributed by atoms with van der Waals surface area (Å²) >= 11 is 0. The van der Waals surface area contributed by atoms with E-state index in [2.05, 4.69) is 84.0 Å². The van der Waals surface area contributed by atoms with Crippen molar-refractivity contribution < 1.29 is 26.2 Å². The minimum Gasteiger partial charge on any atom is -0.652 e. The Morgan fingerprint density at radius 1 is 0.657 bits per heavy atom. The van der Waals surface area contributed by atoms with Crippen molar-refractivity contribution in [3.05, 3.63) is 65.9 Å². The van der Waals surface area contributed by atoms with Gasteiger partial charge in [-0.25, -0.2) is 4.98 Å². The molecule has 0 unspecified atom stereocenters. The molecule has 0 spiro atoms. The first kappa shape index (κ1) is 23.8. The van der Waals surface area contributed by atoms with E-state index in [-0.39, 0.29) is 37.6 Å². The zero-order chi connectivity index (χ0) is 24.0. The third-order valence-electron chi connectivity index (χ3n) is 6.91. The van der Waals surface area contributed by atoms with Crippen LogP contribution in [-0.4, -0.2) is 15.1 Å². The Labute approximate surface area is 219 Å². The van der Waals surface area contributed by atoms with Gasteiger partial charge in [0, 0.05) is 38.0 Å². The second kappa shape index (κ2) is 7.76. The number of phenolic OH excluding ortho intramolecular Hbond substituents is 1. The van der Waals surface area contributed by atoms with Crippen LogP contribution in [0.2, 0.25) is 0 Å². The van der Waals surface area contributed by atoms with Crippen LogP contribution in [0.15, 0.2) is 54.7 Å². The van der Waals surface area contributed by atoms with Crippen molar-refractivity contribution in [2.75, 3.05) is 0 Å². The topological polar surface area (TPSA) is 60.1 Å². The van der Waals surface area contributed by atoms with E-state index < -0.39 is 0 Å². The maximum absolute atomic E-state index is 10.8. The van der Waals surface area contributed by atoms with E-state index >= 15 is 0 Å². The Morgan fingerprint density at radius 2 is 1.29 bits per heavy atom. The molecule has 0 aliphatic heterocycles. The molecule has 0 aliphatic carbocycles. The summed E-state index contributed by atoms with van der Waals surface area (Å²) in [7, 11) is 0. The SMILES string of the molecule is CC(C)(C)c1cnc2c(ccc3cc4ccc5c6cc(C(C)(C)C)cc(O)c6[n-]c5c4nc32)c1.[Pt]. The zero-order valence-electron chi connectivity index (χ0n) is 20.8. The zero-order valence-corrected chi connectivity index (χ0v) is 23.1. The number of aromatic nitrogens is 3. The van der Waals surface area contributed by atoms with Gasteiger partial charge in [0.25, 0.3) is 0 Å². The number of pyridine rings is 2. The molecule has 0 fully saturated rings. The summed E-state index contributed by atoms with van der Waals surface area (Å²) in [6.07, 6.45) is 1.97. The molecule has 6 aromatic rings. The van der Waals surface area contributed by atoms with Gasteiger partial charge in [-0.15, -0.1) is 5.52 Å². The largest absolute Gasteiger partial charge is 0.652 e. The molecule has 1 N–H and O–H groups in total. The fraction of sp³-hybridized carbons (Fsp3) is 0.267. The number of hydrogen-bond donors (Lipinski definition) is 1. The third-order valence-corrected chi connectivity index (χ3v) is 6.91. The van der Waals surface area contributed by atoms with E-state index in [4.69, 9.17) is 15.0 Å². The second-order valence-corrected chi connectivity index (χ2v) is 11.5. The van der Waals surface area contributed by atoms with Crippen LogP contribution >= 0.6 is 0 Å². The smallest absolute Gasteiger partial charge is 0.101 e. The second-order valence-electron chi connectivity index (χ2n) is 11.5. The Bertz CT molecular complexity index is 1790. The molecule has 6 rings (SSSR count). The van der Waals surface area contributed by atoms with E-state index in [0.717, 1.165) is 54.6 Å². The Kier molecular flexibility index (Phi) is 5.27. The van der Waals surface area contributed by atoms with Crippen LogP contribution in [0.25, 0.3) is 54.5 Å². The minimum absolute atomic E-state index is 0. The average molecular weight is 642 g/mol. The molecule has 3 aromatic heterocycles. The summed E-state index contributed by atoms with van der Waals surface area (Å²) in [5, 5.41) is 16.0. The molecule has 180 valence electrons. The molecule has 0 radical (unpaired) electrons. The molecule has 0 aliphatic rings. The predicted octanol–water partition coefficient (Wildman–Crippen LogP) is 7.50. The molecule has 0 saturated heterocycles. The van der Waals surface area contributed by atoms with Crippen molar-refractivity contribution in [3.8, 4) is 5.75 Å². The van der Waals surface area contributed by atoms with Gasteiger partial charge in [0.1, 0.15) is 5.75 Å². The molecule has 0 bridgehead atoms. The summed E-state index contributed by atoms with van der Waals surface area (Å²) in [5.74, 6) is 0.217. The van der Waals surface area contributed by atoms with Gasteiger partial charge in [-0.2, -0.15) is 0 Å². The Hall–Kier alpha value is -2.97. The molecule has 35 heavy (non-hydrogen) atoms.